The van der Waals surface area contributed by atoms with Gasteiger partial charge in [-0.25, -0.2) is 0 Å². The predicted molar refractivity (Wildman–Crippen MR) is 110 cm³/mol. The summed E-state index contributed by atoms with van der Waals surface area (Å²) in [5, 5.41) is 20.4. The van der Waals surface area contributed by atoms with E-state index in [2.05, 4.69) is 5.32 Å². The molecule has 0 saturated heterocycles. The fourth-order valence-electron chi connectivity index (χ4n) is 2.28. The van der Waals surface area contributed by atoms with Crippen molar-refractivity contribution in [2.75, 3.05) is 59.4 Å². The Morgan fingerprint density at radius 2 is 1.16 bits per heavy atom. The number of rotatable bonds is 20. The van der Waals surface area contributed by atoms with Gasteiger partial charge in [-0.15, -0.1) is 0 Å². The number of hydrogen-bond acceptors (Lipinski definition) is 9. The summed E-state index contributed by atoms with van der Waals surface area (Å²) in [7, 11) is 0. The van der Waals surface area contributed by atoms with E-state index in [4.69, 9.17) is 33.9 Å². The minimum absolute atomic E-state index is 0.204. The Kier molecular flexibility index (Phi) is 16.8. The van der Waals surface area contributed by atoms with E-state index in [0.29, 0.717) is 52.8 Å². The Labute approximate surface area is 183 Å². The molecule has 0 aromatic heterocycles. The van der Waals surface area contributed by atoms with Crippen LogP contribution in [0.2, 0.25) is 0 Å². The quantitative estimate of drug-likeness (QED) is 0.177. The molecular weight excluding hydrogens is 414 g/mol. The van der Waals surface area contributed by atoms with Crippen molar-refractivity contribution in [1.29, 1.82) is 0 Å². The molecule has 0 aliphatic rings. The summed E-state index contributed by atoms with van der Waals surface area (Å²) in [5.74, 6) is -2.40. The molecule has 0 amide bonds. The van der Waals surface area contributed by atoms with Gasteiger partial charge >= 0.3 is 17.9 Å². The van der Waals surface area contributed by atoms with Gasteiger partial charge in [-0.3, -0.25) is 14.4 Å². The van der Waals surface area contributed by atoms with Gasteiger partial charge in [0.05, 0.1) is 72.1 Å². The lowest BCUT2D eigenvalue weighted by molar-refractivity contribution is -0.156. The standard InChI is InChI=1S/C20H37NO10/c1-20(2,3)31-19(26)4-6-27-8-10-29-12-13-30-11-9-28-7-5-21-16(14-17(22)23)15-18(24)25/h16,21H,4-15H2,1-3H3,(H,22,23)(H,24,25). The van der Waals surface area contributed by atoms with Gasteiger partial charge in [0.1, 0.15) is 5.60 Å². The summed E-state index contributed by atoms with van der Waals surface area (Å²) in [6.45, 7) is 8.72. The van der Waals surface area contributed by atoms with Crippen LogP contribution < -0.4 is 5.32 Å². The van der Waals surface area contributed by atoms with E-state index in [1.807, 2.05) is 20.8 Å². The fraction of sp³-hybridized carbons (Fsp3) is 0.850. The molecule has 0 aromatic rings. The highest BCUT2D eigenvalue weighted by atomic mass is 16.6. The number of esters is 1. The number of ether oxygens (including phenoxy) is 5. The van der Waals surface area contributed by atoms with Crippen LogP contribution >= 0.6 is 0 Å². The lowest BCUT2D eigenvalue weighted by Crippen LogP contribution is -2.35. The largest absolute Gasteiger partial charge is 0.481 e. The van der Waals surface area contributed by atoms with Crippen molar-refractivity contribution in [1.82, 2.24) is 5.32 Å². The summed E-state index contributed by atoms with van der Waals surface area (Å²) >= 11 is 0. The molecule has 0 aliphatic carbocycles. The number of aliphatic carboxylic acids is 2. The third-order valence-corrected chi connectivity index (χ3v) is 3.51. The number of carbonyl (C=O) groups excluding carboxylic acids is 1. The molecule has 0 aromatic carbocycles. The summed E-state index contributed by atoms with van der Waals surface area (Å²) in [6.07, 6.45) is -0.315. The van der Waals surface area contributed by atoms with Crippen LogP contribution in [0.4, 0.5) is 0 Å². The van der Waals surface area contributed by atoms with Crippen molar-refractivity contribution < 1.29 is 48.3 Å². The van der Waals surface area contributed by atoms with E-state index >= 15 is 0 Å². The molecule has 0 saturated carbocycles. The molecule has 0 rings (SSSR count). The normalized spacial score (nSPS) is 11.6. The van der Waals surface area contributed by atoms with Crippen LogP contribution in [0.5, 0.6) is 0 Å². The Bertz CT molecular complexity index is 491. The van der Waals surface area contributed by atoms with Crippen molar-refractivity contribution in [3.05, 3.63) is 0 Å². The van der Waals surface area contributed by atoms with Gasteiger partial charge in [0.25, 0.3) is 0 Å². The number of nitrogens with one attached hydrogen (secondary N) is 1. The average molecular weight is 452 g/mol. The summed E-state index contributed by atoms with van der Waals surface area (Å²) in [6, 6.07) is -0.631. The highest BCUT2D eigenvalue weighted by molar-refractivity contribution is 5.71. The zero-order chi connectivity index (χ0) is 23.5. The molecule has 0 radical (unpaired) electrons. The first-order chi connectivity index (χ1) is 14.6. The second-order valence-electron chi connectivity index (χ2n) is 7.63. The molecule has 0 aliphatic heterocycles. The second kappa shape index (κ2) is 17.8. The molecule has 0 fully saturated rings. The molecule has 0 heterocycles. The Balaban J connectivity index is 3.40. The Morgan fingerprint density at radius 1 is 0.742 bits per heavy atom. The van der Waals surface area contributed by atoms with Crippen LogP contribution in [0.25, 0.3) is 0 Å². The molecule has 11 nitrogen and oxygen atoms in total. The molecule has 0 bridgehead atoms. The number of carboxylic acid groups (broad SMARTS) is 2. The zero-order valence-electron chi connectivity index (χ0n) is 18.7. The smallest absolute Gasteiger partial charge is 0.308 e. The number of hydrogen-bond donors (Lipinski definition) is 3. The first-order valence-corrected chi connectivity index (χ1v) is 10.3. The highest BCUT2D eigenvalue weighted by Gasteiger charge is 2.16. The first-order valence-electron chi connectivity index (χ1n) is 10.3. The van der Waals surface area contributed by atoms with Crippen molar-refractivity contribution in [3.63, 3.8) is 0 Å². The lowest BCUT2D eigenvalue weighted by Gasteiger charge is -2.19. The lowest BCUT2D eigenvalue weighted by atomic mass is 10.1. The first kappa shape index (κ1) is 29.2. The van der Waals surface area contributed by atoms with Gasteiger partial charge in [-0.05, 0) is 20.8 Å². The molecule has 182 valence electrons. The van der Waals surface area contributed by atoms with E-state index in [1.165, 1.54) is 0 Å². The highest BCUT2D eigenvalue weighted by Crippen LogP contribution is 2.08. The molecule has 11 heteroatoms. The van der Waals surface area contributed by atoms with E-state index in [1.54, 1.807) is 0 Å². The monoisotopic (exact) mass is 451 g/mol. The van der Waals surface area contributed by atoms with Crippen molar-refractivity contribution >= 4 is 17.9 Å². The van der Waals surface area contributed by atoms with Gasteiger partial charge in [0.15, 0.2) is 0 Å². The SMILES string of the molecule is CC(C)(C)OC(=O)CCOCCOCCOCCOCCNC(CC(=O)O)CC(=O)O. The van der Waals surface area contributed by atoms with Gasteiger partial charge in [0.2, 0.25) is 0 Å². The van der Waals surface area contributed by atoms with E-state index in [9.17, 15) is 14.4 Å². The van der Waals surface area contributed by atoms with Crippen LogP contribution in [0.1, 0.15) is 40.0 Å². The van der Waals surface area contributed by atoms with E-state index in [0.717, 1.165) is 0 Å². The molecule has 3 N–H and O–H groups in total. The van der Waals surface area contributed by atoms with Crippen LogP contribution in [-0.4, -0.2) is 99.2 Å². The van der Waals surface area contributed by atoms with E-state index < -0.39 is 23.6 Å². The van der Waals surface area contributed by atoms with Crippen LogP contribution in [0, 0.1) is 0 Å². The topological polar surface area (TPSA) is 150 Å². The third kappa shape index (κ3) is 22.7. The number of carboxylic acids is 2. The molecular formula is C20H37NO10. The molecule has 0 spiro atoms. The average Bonchev–Trinajstić information content (AvgIpc) is 2.62. The maximum atomic E-state index is 11.5. The van der Waals surface area contributed by atoms with Gasteiger partial charge in [0, 0.05) is 12.6 Å². The molecule has 0 atom stereocenters. The van der Waals surface area contributed by atoms with Crippen molar-refractivity contribution in [2.45, 2.75) is 51.7 Å². The minimum atomic E-state index is -1.05. The molecule has 31 heavy (non-hydrogen) atoms. The Hall–Kier alpha value is -1.79. The van der Waals surface area contributed by atoms with Crippen LogP contribution in [-0.2, 0) is 38.1 Å². The van der Waals surface area contributed by atoms with Gasteiger partial charge in [-0.2, -0.15) is 0 Å². The number of carbonyl (C=O) groups is 3. The summed E-state index contributed by atoms with van der Waals surface area (Å²) in [5.41, 5.74) is -0.491. The maximum Gasteiger partial charge on any atom is 0.308 e. The van der Waals surface area contributed by atoms with E-state index in [-0.39, 0.29) is 31.8 Å². The summed E-state index contributed by atoms with van der Waals surface area (Å²) < 4.78 is 26.5. The van der Waals surface area contributed by atoms with Crippen LogP contribution in [0.15, 0.2) is 0 Å². The van der Waals surface area contributed by atoms with Crippen LogP contribution in [0.3, 0.4) is 0 Å². The zero-order valence-corrected chi connectivity index (χ0v) is 18.7. The Morgan fingerprint density at radius 3 is 1.58 bits per heavy atom. The minimum Gasteiger partial charge on any atom is -0.481 e. The van der Waals surface area contributed by atoms with Gasteiger partial charge in [-0.1, -0.05) is 0 Å². The summed E-state index contributed by atoms with van der Waals surface area (Å²) in [4.78, 5) is 32.9. The van der Waals surface area contributed by atoms with Gasteiger partial charge < -0.3 is 39.2 Å². The maximum absolute atomic E-state index is 11.5. The molecule has 0 unspecified atom stereocenters. The van der Waals surface area contributed by atoms with Crippen molar-refractivity contribution in [3.8, 4) is 0 Å². The fourth-order valence-corrected chi connectivity index (χ4v) is 2.28. The second-order valence-corrected chi connectivity index (χ2v) is 7.63. The predicted octanol–water partition coefficient (Wildman–Crippen LogP) is 0.692. The van der Waals surface area contributed by atoms with Crippen molar-refractivity contribution in [2.24, 2.45) is 0 Å². The third-order valence-electron chi connectivity index (χ3n) is 3.51.